The van der Waals surface area contributed by atoms with Crippen LogP contribution in [0.15, 0.2) is 71.3 Å². The molecule has 0 radical (unpaired) electrons. The van der Waals surface area contributed by atoms with E-state index in [9.17, 15) is 4.79 Å². The number of ether oxygens (including phenoxy) is 2. The van der Waals surface area contributed by atoms with Gasteiger partial charge >= 0.3 is 6.03 Å². The Morgan fingerprint density at radius 2 is 1.76 bits per heavy atom. The van der Waals surface area contributed by atoms with Crippen molar-refractivity contribution in [1.29, 1.82) is 0 Å². The Bertz CT molecular complexity index is 814. The molecular weight excluding hydrogens is 320 g/mol. The second-order valence-electron chi connectivity index (χ2n) is 5.16. The van der Waals surface area contributed by atoms with Gasteiger partial charge in [0.25, 0.3) is 0 Å². The van der Waals surface area contributed by atoms with E-state index in [2.05, 4.69) is 10.6 Å². The van der Waals surface area contributed by atoms with Crippen molar-refractivity contribution >= 4 is 11.7 Å². The third-order valence-corrected chi connectivity index (χ3v) is 3.41. The molecule has 3 aromatic rings. The van der Waals surface area contributed by atoms with Gasteiger partial charge in [-0.2, -0.15) is 0 Å². The maximum absolute atomic E-state index is 11.9. The Balaban J connectivity index is 1.55. The van der Waals surface area contributed by atoms with Crippen LogP contribution in [0.4, 0.5) is 10.5 Å². The predicted molar refractivity (Wildman–Crippen MR) is 94.1 cm³/mol. The van der Waals surface area contributed by atoms with Crippen molar-refractivity contribution in [3.63, 3.8) is 0 Å². The number of anilines is 1. The number of carbonyl (C=O) groups excluding carboxylic acids is 1. The molecule has 2 N–H and O–H groups in total. The van der Waals surface area contributed by atoms with E-state index in [1.807, 2.05) is 24.3 Å². The monoisotopic (exact) mass is 338 g/mol. The van der Waals surface area contributed by atoms with E-state index in [1.165, 1.54) is 0 Å². The summed E-state index contributed by atoms with van der Waals surface area (Å²) < 4.78 is 16.2. The number of benzene rings is 2. The first-order valence-electron chi connectivity index (χ1n) is 7.73. The molecule has 0 aliphatic heterocycles. The van der Waals surface area contributed by atoms with Crippen molar-refractivity contribution in [2.45, 2.75) is 6.54 Å². The van der Waals surface area contributed by atoms with Gasteiger partial charge in [-0.1, -0.05) is 12.1 Å². The molecule has 0 unspecified atom stereocenters. The number of furan rings is 1. The van der Waals surface area contributed by atoms with Crippen LogP contribution in [-0.2, 0) is 6.54 Å². The van der Waals surface area contributed by atoms with Crippen molar-refractivity contribution in [1.82, 2.24) is 5.32 Å². The zero-order valence-electron chi connectivity index (χ0n) is 13.7. The molecule has 6 nitrogen and oxygen atoms in total. The normalized spacial score (nSPS) is 10.1. The van der Waals surface area contributed by atoms with E-state index in [0.717, 1.165) is 0 Å². The van der Waals surface area contributed by atoms with Gasteiger partial charge in [0.05, 0.1) is 19.9 Å². The molecule has 0 aliphatic carbocycles. The van der Waals surface area contributed by atoms with E-state index in [0.29, 0.717) is 35.2 Å². The van der Waals surface area contributed by atoms with Gasteiger partial charge in [0.2, 0.25) is 0 Å². The molecule has 3 rings (SSSR count). The average molecular weight is 338 g/mol. The Morgan fingerprint density at radius 1 is 1.00 bits per heavy atom. The van der Waals surface area contributed by atoms with Crippen LogP contribution in [-0.4, -0.2) is 13.1 Å². The summed E-state index contributed by atoms with van der Waals surface area (Å²) in [6.45, 7) is 0.327. The molecule has 0 saturated heterocycles. The van der Waals surface area contributed by atoms with Crippen LogP contribution in [0.25, 0.3) is 0 Å². The molecular formula is C19H18N2O4. The van der Waals surface area contributed by atoms with Crippen LogP contribution in [0.1, 0.15) is 5.76 Å². The SMILES string of the molecule is COc1ccccc1Oc1ccc(NC(=O)NCc2ccco2)cc1. The molecule has 2 aromatic carbocycles. The van der Waals surface area contributed by atoms with E-state index in [1.54, 1.807) is 49.8 Å². The number of amides is 2. The summed E-state index contributed by atoms with van der Waals surface area (Å²) in [5.41, 5.74) is 0.657. The van der Waals surface area contributed by atoms with E-state index in [4.69, 9.17) is 13.9 Å². The Hall–Kier alpha value is -3.41. The van der Waals surface area contributed by atoms with Crippen molar-refractivity contribution in [3.8, 4) is 17.2 Å². The summed E-state index contributed by atoms with van der Waals surface area (Å²) in [5, 5.41) is 5.46. The second-order valence-corrected chi connectivity index (χ2v) is 5.16. The lowest BCUT2D eigenvalue weighted by Gasteiger charge is -2.11. The first kappa shape index (κ1) is 16.4. The summed E-state index contributed by atoms with van der Waals surface area (Å²) in [7, 11) is 1.59. The highest BCUT2D eigenvalue weighted by Crippen LogP contribution is 2.31. The molecule has 0 saturated carbocycles. The fraction of sp³-hybridized carbons (Fsp3) is 0.105. The predicted octanol–water partition coefficient (Wildman–Crippen LogP) is 4.40. The number of nitrogens with one attached hydrogen (secondary N) is 2. The van der Waals surface area contributed by atoms with Crippen molar-refractivity contribution in [3.05, 3.63) is 72.7 Å². The number of para-hydroxylation sites is 2. The Labute approximate surface area is 145 Å². The number of hydrogen-bond donors (Lipinski definition) is 2. The number of rotatable bonds is 6. The summed E-state index contributed by atoms with van der Waals surface area (Å²) in [5.74, 6) is 2.62. The molecule has 0 bridgehead atoms. The number of hydrogen-bond acceptors (Lipinski definition) is 4. The number of methoxy groups -OCH3 is 1. The molecule has 0 aliphatic rings. The number of carbonyl (C=O) groups is 1. The molecule has 0 atom stereocenters. The van der Waals surface area contributed by atoms with E-state index < -0.39 is 0 Å². The molecule has 25 heavy (non-hydrogen) atoms. The van der Waals surface area contributed by atoms with Gasteiger partial charge < -0.3 is 24.5 Å². The van der Waals surface area contributed by atoms with Gasteiger partial charge in [-0.25, -0.2) is 4.79 Å². The van der Waals surface area contributed by atoms with Gasteiger partial charge in [-0.3, -0.25) is 0 Å². The summed E-state index contributed by atoms with van der Waals surface area (Å²) >= 11 is 0. The van der Waals surface area contributed by atoms with Crippen LogP contribution < -0.4 is 20.1 Å². The quantitative estimate of drug-likeness (QED) is 0.698. The minimum Gasteiger partial charge on any atom is -0.493 e. The first-order chi connectivity index (χ1) is 12.2. The molecule has 6 heteroatoms. The van der Waals surface area contributed by atoms with Crippen LogP contribution in [0.5, 0.6) is 17.2 Å². The first-order valence-corrected chi connectivity index (χ1v) is 7.73. The maximum atomic E-state index is 11.9. The van der Waals surface area contributed by atoms with Crippen LogP contribution in [0, 0.1) is 0 Å². The zero-order valence-corrected chi connectivity index (χ0v) is 13.7. The lowest BCUT2D eigenvalue weighted by Crippen LogP contribution is -2.27. The van der Waals surface area contributed by atoms with E-state index >= 15 is 0 Å². The molecule has 128 valence electrons. The lowest BCUT2D eigenvalue weighted by atomic mass is 10.3. The number of urea groups is 1. The van der Waals surface area contributed by atoms with Crippen LogP contribution >= 0.6 is 0 Å². The van der Waals surface area contributed by atoms with Gasteiger partial charge in [-0.05, 0) is 48.5 Å². The highest BCUT2D eigenvalue weighted by atomic mass is 16.5. The van der Waals surface area contributed by atoms with Gasteiger partial charge in [0, 0.05) is 5.69 Å². The van der Waals surface area contributed by atoms with E-state index in [-0.39, 0.29) is 6.03 Å². The molecule has 1 heterocycles. The average Bonchev–Trinajstić information content (AvgIpc) is 3.16. The molecule has 1 aromatic heterocycles. The lowest BCUT2D eigenvalue weighted by molar-refractivity contribution is 0.251. The van der Waals surface area contributed by atoms with Gasteiger partial charge in [-0.15, -0.1) is 0 Å². The fourth-order valence-electron chi connectivity index (χ4n) is 2.19. The summed E-state index contributed by atoms with van der Waals surface area (Å²) in [6, 6.07) is 17.7. The Kier molecular flexibility index (Phi) is 5.21. The van der Waals surface area contributed by atoms with Gasteiger partial charge in [0.1, 0.15) is 11.5 Å². The molecule has 0 spiro atoms. The Morgan fingerprint density at radius 3 is 2.44 bits per heavy atom. The minimum absolute atomic E-state index is 0.310. The molecule has 0 fully saturated rings. The summed E-state index contributed by atoms with van der Waals surface area (Å²) in [4.78, 5) is 11.9. The minimum atomic E-state index is -0.310. The third kappa shape index (κ3) is 4.54. The maximum Gasteiger partial charge on any atom is 0.319 e. The fourth-order valence-corrected chi connectivity index (χ4v) is 2.19. The largest absolute Gasteiger partial charge is 0.493 e. The second kappa shape index (κ2) is 7.92. The zero-order chi connectivity index (χ0) is 17.5. The van der Waals surface area contributed by atoms with Gasteiger partial charge in [0.15, 0.2) is 11.5 Å². The standard InChI is InChI=1S/C19H18N2O4/c1-23-17-6-2-3-7-18(17)25-15-10-8-14(9-11-15)21-19(22)20-13-16-5-4-12-24-16/h2-12H,13H2,1H3,(H2,20,21,22). The van der Waals surface area contributed by atoms with Crippen molar-refractivity contribution in [2.24, 2.45) is 0 Å². The smallest absolute Gasteiger partial charge is 0.319 e. The molecule has 2 amide bonds. The van der Waals surface area contributed by atoms with Crippen molar-refractivity contribution < 1.29 is 18.7 Å². The van der Waals surface area contributed by atoms with Crippen LogP contribution in [0.3, 0.4) is 0 Å². The summed E-state index contributed by atoms with van der Waals surface area (Å²) in [6.07, 6.45) is 1.56. The van der Waals surface area contributed by atoms with Crippen LogP contribution in [0.2, 0.25) is 0 Å². The van der Waals surface area contributed by atoms with Crippen molar-refractivity contribution in [2.75, 3.05) is 12.4 Å². The highest BCUT2D eigenvalue weighted by molar-refractivity contribution is 5.89. The highest BCUT2D eigenvalue weighted by Gasteiger charge is 2.06. The third-order valence-electron chi connectivity index (χ3n) is 3.41. The topological polar surface area (TPSA) is 72.7 Å².